The molecule has 0 spiro atoms. The molecule has 1 heterocycles. The van der Waals surface area contributed by atoms with Crippen molar-refractivity contribution in [1.29, 1.82) is 0 Å². The Labute approximate surface area is 152 Å². The van der Waals surface area contributed by atoms with E-state index in [1.807, 2.05) is 24.3 Å². The summed E-state index contributed by atoms with van der Waals surface area (Å²) in [6.45, 7) is 0. The van der Waals surface area contributed by atoms with E-state index < -0.39 is 6.03 Å². The van der Waals surface area contributed by atoms with Gasteiger partial charge in [0.15, 0.2) is 0 Å². The van der Waals surface area contributed by atoms with Crippen molar-refractivity contribution in [3.8, 4) is 0 Å². The number of urea groups is 1. The molecule has 5 nitrogen and oxygen atoms in total. The minimum atomic E-state index is -0.482. The smallest absolute Gasteiger partial charge is 0.308 e. The van der Waals surface area contributed by atoms with E-state index in [-0.39, 0.29) is 5.82 Å². The molecule has 0 aliphatic carbocycles. The SMILES string of the molecule is O=C(Nc1ccc(F)cc1)Nc1nnc(C=Cc2ccccc2Cl)s1. The van der Waals surface area contributed by atoms with Crippen LogP contribution >= 0.6 is 22.9 Å². The van der Waals surface area contributed by atoms with E-state index in [0.717, 1.165) is 5.56 Å². The largest absolute Gasteiger partial charge is 0.325 e. The van der Waals surface area contributed by atoms with Crippen LogP contribution in [0.2, 0.25) is 5.02 Å². The standard InChI is InChI=1S/C17H12ClFN4OS/c18-14-4-2-1-3-11(14)5-10-15-22-23-17(25-15)21-16(24)20-13-8-6-12(19)7-9-13/h1-10H,(H2,20,21,23,24). The number of benzene rings is 2. The normalized spacial score (nSPS) is 10.8. The monoisotopic (exact) mass is 374 g/mol. The lowest BCUT2D eigenvalue weighted by molar-refractivity contribution is 0.262. The fourth-order valence-electron chi connectivity index (χ4n) is 1.92. The highest BCUT2D eigenvalue weighted by atomic mass is 35.5. The zero-order valence-electron chi connectivity index (χ0n) is 12.7. The number of carbonyl (C=O) groups is 1. The fraction of sp³-hybridized carbons (Fsp3) is 0. The molecule has 0 radical (unpaired) electrons. The van der Waals surface area contributed by atoms with Crippen molar-refractivity contribution in [2.45, 2.75) is 0 Å². The average Bonchev–Trinajstić information content (AvgIpc) is 3.03. The summed E-state index contributed by atoms with van der Waals surface area (Å²) in [5, 5.41) is 14.6. The lowest BCUT2D eigenvalue weighted by Gasteiger charge is -2.04. The van der Waals surface area contributed by atoms with E-state index in [0.29, 0.717) is 20.8 Å². The topological polar surface area (TPSA) is 66.9 Å². The van der Waals surface area contributed by atoms with E-state index in [4.69, 9.17) is 11.6 Å². The number of carbonyl (C=O) groups excluding carboxylic acids is 1. The fourth-order valence-corrected chi connectivity index (χ4v) is 2.76. The molecule has 3 aromatic rings. The third-order valence-corrected chi connectivity index (χ3v) is 4.22. The van der Waals surface area contributed by atoms with Crippen LogP contribution in [0.4, 0.5) is 20.0 Å². The lowest BCUT2D eigenvalue weighted by atomic mass is 10.2. The van der Waals surface area contributed by atoms with Gasteiger partial charge in [0.1, 0.15) is 10.8 Å². The molecule has 2 amide bonds. The molecule has 0 bridgehead atoms. The molecule has 126 valence electrons. The Morgan fingerprint density at radius 2 is 1.80 bits per heavy atom. The van der Waals surface area contributed by atoms with Crippen molar-refractivity contribution in [2.24, 2.45) is 0 Å². The highest BCUT2D eigenvalue weighted by Crippen LogP contribution is 2.21. The summed E-state index contributed by atoms with van der Waals surface area (Å²) in [5.74, 6) is -0.370. The Balaban J connectivity index is 1.60. The number of halogens is 2. The van der Waals surface area contributed by atoms with E-state index in [1.54, 1.807) is 12.1 Å². The van der Waals surface area contributed by atoms with Gasteiger partial charge in [-0.05, 0) is 42.0 Å². The zero-order chi connectivity index (χ0) is 17.6. The van der Waals surface area contributed by atoms with E-state index in [9.17, 15) is 9.18 Å². The first-order valence-electron chi connectivity index (χ1n) is 7.20. The van der Waals surface area contributed by atoms with Crippen LogP contribution in [0.5, 0.6) is 0 Å². The molecule has 2 N–H and O–H groups in total. The maximum atomic E-state index is 12.8. The second kappa shape index (κ2) is 7.87. The first kappa shape index (κ1) is 17.1. The summed E-state index contributed by atoms with van der Waals surface area (Å²) >= 11 is 7.29. The predicted octanol–water partition coefficient (Wildman–Crippen LogP) is 5.15. The molecule has 0 fully saturated rings. The Hall–Kier alpha value is -2.77. The predicted molar refractivity (Wildman–Crippen MR) is 99.3 cm³/mol. The highest BCUT2D eigenvalue weighted by Gasteiger charge is 2.07. The van der Waals surface area contributed by atoms with Gasteiger partial charge in [0.25, 0.3) is 0 Å². The first-order chi connectivity index (χ1) is 12.1. The van der Waals surface area contributed by atoms with Crippen LogP contribution in [0.15, 0.2) is 48.5 Å². The maximum Gasteiger partial charge on any atom is 0.325 e. The number of nitrogens with one attached hydrogen (secondary N) is 2. The van der Waals surface area contributed by atoms with Crippen LogP contribution in [0.3, 0.4) is 0 Å². The molecule has 1 aromatic heterocycles. The number of amides is 2. The minimum absolute atomic E-state index is 0.346. The summed E-state index contributed by atoms with van der Waals surface area (Å²) < 4.78 is 12.8. The van der Waals surface area contributed by atoms with Gasteiger partial charge in [-0.25, -0.2) is 9.18 Å². The van der Waals surface area contributed by atoms with Gasteiger partial charge < -0.3 is 5.32 Å². The Morgan fingerprint density at radius 3 is 2.56 bits per heavy atom. The Bertz CT molecular complexity index is 911. The van der Waals surface area contributed by atoms with E-state index in [2.05, 4.69) is 20.8 Å². The van der Waals surface area contributed by atoms with E-state index in [1.165, 1.54) is 35.6 Å². The van der Waals surface area contributed by atoms with Gasteiger partial charge in [-0.1, -0.05) is 47.2 Å². The minimum Gasteiger partial charge on any atom is -0.308 e. The quantitative estimate of drug-likeness (QED) is 0.664. The van der Waals surface area contributed by atoms with Crippen molar-refractivity contribution in [3.05, 3.63) is 69.9 Å². The summed E-state index contributed by atoms with van der Waals surface area (Å²) in [5.41, 5.74) is 1.34. The van der Waals surface area contributed by atoms with Crippen molar-refractivity contribution in [3.63, 3.8) is 0 Å². The molecule has 0 aliphatic rings. The van der Waals surface area contributed by atoms with Gasteiger partial charge in [0.05, 0.1) is 0 Å². The molecule has 0 atom stereocenters. The molecular formula is C17H12ClFN4OS. The van der Waals surface area contributed by atoms with Crippen LogP contribution in [0.1, 0.15) is 10.6 Å². The molecule has 0 unspecified atom stereocenters. The lowest BCUT2D eigenvalue weighted by Crippen LogP contribution is -2.19. The number of nitrogens with zero attached hydrogens (tertiary/aromatic N) is 2. The van der Waals surface area contributed by atoms with Crippen LogP contribution in [-0.2, 0) is 0 Å². The molecule has 0 saturated carbocycles. The Morgan fingerprint density at radius 1 is 1.04 bits per heavy atom. The molecule has 2 aromatic carbocycles. The van der Waals surface area contributed by atoms with Crippen LogP contribution < -0.4 is 10.6 Å². The summed E-state index contributed by atoms with van der Waals surface area (Å²) in [6, 6.07) is 12.4. The first-order valence-corrected chi connectivity index (χ1v) is 8.39. The maximum absolute atomic E-state index is 12.8. The molecule has 8 heteroatoms. The van der Waals surface area contributed by atoms with Crippen molar-refractivity contribution >= 4 is 51.9 Å². The number of anilines is 2. The Kier molecular flexibility index (Phi) is 5.37. The average molecular weight is 375 g/mol. The van der Waals surface area contributed by atoms with Crippen LogP contribution in [-0.4, -0.2) is 16.2 Å². The van der Waals surface area contributed by atoms with Crippen LogP contribution in [0.25, 0.3) is 12.2 Å². The zero-order valence-corrected chi connectivity index (χ0v) is 14.3. The molecular weight excluding hydrogens is 363 g/mol. The summed E-state index contributed by atoms with van der Waals surface area (Å²) in [7, 11) is 0. The second-order valence-corrected chi connectivity index (χ2v) is 6.30. The second-order valence-electron chi connectivity index (χ2n) is 4.89. The summed E-state index contributed by atoms with van der Waals surface area (Å²) in [6.07, 6.45) is 3.59. The number of rotatable bonds is 4. The molecule has 3 rings (SSSR count). The third-order valence-electron chi connectivity index (χ3n) is 3.07. The highest BCUT2D eigenvalue weighted by molar-refractivity contribution is 7.16. The van der Waals surface area contributed by atoms with Gasteiger partial charge in [0.2, 0.25) is 5.13 Å². The van der Waals surface area contributed by atoms with Gasteiger partial charge in [-0.15, -0.1) is 10.2 Å². The van der Waals surface area contributed by atoms with Crippen molar-refractivity contribution < 1.29 is 9.18 Å². The van der Waals surface area contributed by atoms with Gasteiger partial charge in [0, 0.05) is 10.7 Å². The number of aromatic nitrogens is 2. The third kappa shape index (κ3) is 4.85. The summed E-state index contributed by atoms with van der Waals surface area (Å²) in [4.78, 5) is 11.9. The van der Waals surface area contributed by atoms with Crippen molar-refractivity contribution in [2.75, 3.05) is 10.6 Å². The van der Waals surface area contributed by atoms with Crippen molar-refractivity contribution in [1.82, 2.24) is 10.2 Å². The van der Waals surface area contributed by atoms with Gasteiger partial charge in [-0.3, -0.25) is 5.32 Å². The molecule has 0 saturated heterocycles. The van der Waals surface area contributed by atoms with Gasteiger partial charge >= 0.3 is 6.03 Å². The molecule has 0 aliphatic heterocycles. The molecule has 25 heavy (non-hydrogen) atoms. The van der Waals surface area contributed by atoms with Crippen LogP contribution in [0, 0.1) is 5.82 Å². The number of hydrogen-bond donors (Lipinski definition) is 2. The number of hydrogen-bond acceptors (Lipinski definition) is 4. The van der Waals surface area contributed by atoms with Gasteiger partial charge in [-0.2, -0.15) is 0 Å². The van der Waals surface area contributed by atoms with E-state index >= 15 is 0 Å².